The normalized spacial score (nSPS) is 12.7. The molecule has 0 spiro atoms. The van der Waals surface area contributed by atoms with E-state index in [0.29, 0.717) is 17.7 Å². The summed E-state index contributed by atoms with van der Waals surface area (Å²) in [5.74, 6) is 0.0820. The lowest BCUT2D eigenvalue weighted by Gasteiger charge is -2.32. The third-order valence-electron chi connectivity index (χ3n) is 5.85. The molecule has 0 unspecified atom stereocenters. The minimum atomic E-state index is -6.06. The Kier molecular flexibility index (Phi) is 7.15. The fourth-order valence-corrected chi connectivity index (χ4v) is 4.67. The van der Waals surface area contributed by atoms with Gasteiger partial charge in [0.2, 0.25) is 0 Å². The number of methoxy groups -OCH3 is 1. The van der Waals surface area contributed by atoms with Crippen LogP contribution in [0.1, 0.15) is 17.0 Å². The van der Waals surface area contributed by atoms with Crippen LogP contribution in [0.5, 0.6) is 5.75 Å². The lowest BCUT2D eigenvalue weighted by atomic mass is 9.92. The zero-order chi connectivity index (χ0) is 28.0. The average molecular weight is 577 g/mol. The topological polar surface area (TPSA) is 64.3 Å². The molecular formula is C25H16Cl2F6N2O3. The number of nitrogens with zero attached hydrogens (tertiary/aromatic N) is 2. The predicted molar refractivity (Wildman–Crippen MR) is 129 cm³/mol. The third-order valence-corrected chi connectivity index (χ3v) is 6.49. The number of ether oxygens (including phenoxy) is 1. The summed E-state index contributed by atoms with van der Waals surface area (Å²) in [7, 11) is 1.27. The fraction of sp³-hybridized carbons (Fsp3) is 0.200. The number of alkyl halides is 6. The number of benzene rings is 3. The van der Waals surface area contributed by atoms with Crippen LogP contribution in [0.4, 0.5) is 26.3 Å². The van der Waals surface area contributed by atoms with Crippen molar-refractivity contribution in [2.75, 3.05) is 7.11 Å². The number of hydrogen-bond acceptors (Lipinski definition) is 4. The molecule has 0 bridgehead atoms. The van der Waals surface area contributed by atoms with Gasteiger partial charge in [-0.15, -0.1) is 0 Å². The molecule has 0 radical (unpaired) electrons. The summed E-state index contributed by atoms with van der Waals surface area (Å²) < 4.78 is 86.1. The maximum absolute atomic E-state index is 13.7. The summed E-state index contributed by atoms with van der Waals surface area (Å²) in [6.45, 7) is 0. The lowest BCUT2D eigenvalue weighted by Crippen LogP contribution is -2.53. The highest BCUT2D eigenvalue weighted by molar-refractivity contribution is 6.41. The number of aromatic nitrogens is 2. The zero-order valence-corrected chi connectivity index (χ0v) is 20.7. The van der Waals surface area contributed by atoms with E-state index in [-0.39, 0.29) is 44.6 Å². The third kappa shape index (κ3) is 4.59. The van der Waals surface area contributed by atoms with Crippen LogP contribution >= 0.6 is 23.2 Å². The number of halogens is 8. The molecule has 13 heteroatoms. The summed E-state index contributed by atoms with van der Waals surface area (Å²) in [4.78, 5) is 18.2. The van der Waals surface area contributed by atoms with Gasteiger partial charge in [0.1, 0.15) is 5.82 Å². The van der Waals surface area contributed by atoms with Gasteiger partial charge in [0, 0.05) is 12.0 Å². The second-order valence-electron chi connectivity index (χ2n) is 8.18. The number of aliphatic hydroxyl groups is 1. The highest BCUT2D eigenvalue weighted by Gasteiger charge is 2.71. The Hall–Kier alpha value is -3.28. The summed E-state index contributed by atoms with van der Waals surface area (Å²) >= 11 is 12.6. The molecule has 1 N–H and O–H groups in total. The van der Waals surface area contributed by atoms with Crippen molar-refractivity contribution in [2.24, 2.45) is 0 Å². The lowest BCUT2D eigenvalue weighted by molar-refractivity contribution is -0.376. The van der Waals surface area contributed by atoms with E-state index >= 15 is 0 Å². The molecule has 0 aliphatic rings. The molecule has 0 saturated carbocycles. The predicted octanol–water partition coefficient (Wildman–Crippen LogP) is 6.60. The minimum Gasteiger partial charge on any atom is -0.494 e. The Balaban J connectivity index is 1.98. The van der Waals surface area contributed by atoms with Gasteiger partial charge in [-0.1, -0.05) is 65.7 Å². The van der Waals surface area contributed by atoms with Gasteiger partial charge < -0.3 is 9.84 Å². The van der Waals surface area contributed by atoms with Crippen molar-refractivity contribution in [3.8, 4) is 11.4 Å². The van der Waals surface area contributed by atoms with E-state index < -0.39 is 29.1 Å². The van der Waals surface area contributed by atoms with Crippen LogP contribution in [-0.4, -0.2) is 34.1 Å². The molecule has 0 amide bonds. The maximum atomic E-state index is 13.7. The smallest absolute Gasteiger partial charge is 0.430 e. The highest BCUT2D eigenvalue weighted by Crippen LogP contribution is 2.50. The molecule has 38 heavy (non-hydrogen) atoms. The van der Waals surface area contributed by atoms with Crippen LogP contribution in [0, 0.1) is 0 Å². The monoisotopic (exact) mass is 576 g/mol. The first-order valence-corrected chi connectivity index (χ1v) is 11.4. The van der Waals surface area contributed by atoms with E-state index in [1.807, 2.05) is 0 Å². The largest absolute Gasteiger partial charge is 0.494 e. The van der Waals surface area contributed by atoms with E-state index in [0.717, 1.165) is 16.7 Å². The first-order valence-electron chi connectivity index (χ1n) is 10.7. The van der Waals surface area contributed by atoms with Gasteiger partial charge in [0.25, 0.3) is 11.2 Å². The first-order chi connectivity index (χ1) is 17.7. The van der Waals surface area contributed by atoms with Crippen molar-refractivity contribution in [3.05, 3.63) is 98.0 Å². The van der Waals surface area contributed by atoms with Crippen molar-refractivity contribution in [1.82, 2.24) is 9.55 Å². The Bertz CT molecular complexity index is 1540. The van der Waals surface area contributed by atoms with Crippen LogP contribution in [-0.2, 0) is 12.0 Å². The Morgan fingerprint density at radius 2 is 1.53 bits per heavy atom. The molecule has 4 aromatic rings. The highest BCUT2D eigenvalue weighted by atomic mass is 35.5. The summed E-state index contributed by atoms with van der Waals surface area (Å²) in [6, 6.07) is 12.7. The molecule has 4 rings (SSSR count). The van der Waals surface area contributed by atoms with Crippen molar-refractivity contribution in [1.29, 1.82) is 0 Å². The van der Waals surface area contributed by atoms with Gasteiger partial charge in [-0.3, -0.25) is 9.36 Å². The summed E-state index contributed by atoms with van der Waals surface area (Å²) in [6.07, 6.45) is -12.1. The molecular weight excluding hydrogens is 561 g/mol. The molecule has 0 aliphatic heterocycles. The molecule has 0 saturated heterocycles. The molecule has 0 aliphatic carbocycles. The fourth-order valence-electron chi connectivity index (χ4n) is 3.99. The van der Waals surface area contributed by atoms with Gasteiger partial charge in [-0.05, 0) is 23.8 Å². The Morgan fingerprint density at radius 1 is 0.947 bits per heavy atom. The summed E-state index contributed by atoms with van der Waals surface area (Å²) in [5, 5.41) is 9.48. The Labute approximate surface area is 220 Å². The van der Waals surface area contributed by atoms with Crippen molar-refractivity contribution in [2.45, 2.75) is 24.4 Å². The van der Waals surface area contributed by atoms with Crippen LogP contribution in [0.2, 0.25) is 10.0 Å². The van der Waals surface area contributed by atoms with E-state index in [9.17, 15) is 36.2 Å². The van der Waals surface area contributed by atoms with E-state index in [2.05, 4.69) is 4.98 Å². The summed E-state index contributed by atoms with van der Waals surface area (Å²) in [5.41, 5.74) is -6.66. The molecule has 3 aromatic carbocycles. The van der Waals surface area contributed by atoms with Gasteiger partial charge in [-0.25, -0.2) is 4.98 Å². The van der Waals surface area contributed by atoms with E-state index in [1.54, 1.807) is 30.3 Å². The molecule has 0 atom stereocenters. The van der Waals surface area contributed by atoms with E-state index in [4.69, 9.17) is 27.9 Å². The average Bonchev–Trinajstić information content (AvgIpc) is 2.83. The second kappa shape index (κ2) is 9.79. The number of hydrogen-bond donors (Lipinski definition) is 1. The van der Waals surface area contributed by atoms with Crippen LogP contribution < -0.4 is 10.3 Å². The van der Waals surface area contributed by atoms with Crippen LogP contribution in [0.25, 0.3) is 16.6 Å². The second-order valence-corrected chi connectivity index (χ2v) is 8.97. The standard InChI is InChI=1S/C25H16Cl2F6N2O3/c1-38-21-16(26)12-17-19(20(21)27)22(36)35(18(34-17)11-13-5-3-2-4-6-13)15-9-7-14(8-10-15)23(37,24(28,29)30)25(31,32)33/h2-10,12,37H,11H2,1H3. The van der Waals surface area contributed by atoms with Gasteiger partial charge in [0.05, 0.1) is 33.7 Å². The van der Waals surface area contributed by atoms with Gasteiger partial charge in [-0.2, -0.15) is 26.3 Å². The first kappa shape index (κ1) is 27.7. The SMILES string of the molecule is COc1c(Cl)cc2nc(Cc3ccccc3)n(-c3ccc(C(O)(C(F)(F)F)C(F)(F)F)cc3)c(=O)c2c1Cl. The Morgan fingerprint density at radius 3 is 2.05 bits per heavy atom. The minimum absolute atomic E-state index is 0.0159. The van der Waals surface area contributed by atoms with Gasteiger partial charge in [0.15, 0.2) is 5.75 Å². The van der Waals surface area contributed by atoms with Crippen molar-refractivity contribution >= 4 is 34.1 Å². The van der Waals surface area contributed by atoms with Crippen molar-refractivity contribution in [3.63, 3.8) is 0 Å². The maximum Gasteiger partial charge on any atom is 0.430 e. The van der Waals surface area contributed by atoms with Crippen LogP contribution in [0.3, 0.4) is 0 Å². The zero-order valence-electron chi connectivity index (χ0n) is 19.2. The van der Waals surface area contributed by atoms with Gasteiger partial charge >= 0.3 is 12.4 Å². The van der Waals surface area contributed by atoms with Crippen LogP contribution in [0.15, 0.2) is 65.5 Å². The number of rotatable bonds is 5. The van der Waals surface area contributed by atoms with Crippen molar-refractivity contribution < 1.29 is 36.2 Å². The molecule has 1 heterocycles. The van der Waals surface area contributed by atoms with E-state index in [1.165, 1.54) is 13.2 Å². The molecule has 5 nitrogen and oxygen atoms in total. The molecule has 0 fully saturated rings. The molecule has 1 aromatic heterocycles. The molecule has 200 valence electrons. The number of fused-ring (bicyclic) bond motifs is 1. The quantitative estimate of drug-likeness (QED) is 0.272.